The normalized spacial score (nSPS) is 12.1. The van der Waals surface area contributed by atoms with E-state index in [2.05, 4.69) is 27.5 Å². The van der Waals surface area contributed by atoms with E-state index in [1.807, 2.05) is 6.07 Å². The number of benzene rings is 1. The van der Waals surface area contributed by atoms with Gasteiger partial charge in [-0.1, -0.05) is 30.3 Å². The standard InChI is InChI=1S/C12H12N4O2S/c1-18-11(17)10(15-16-12(14)19)9(7-13)8-5-3-2-4-6-8/h2-6,9H,1H3,(H3,14,16,19)/b15-10-. The molecule has 0 aliphatic heterocycles. The Morgan fingerprint density at radius 1 is 1.53 bits per heavy atom. The van der Waals surface area contributed by atoms with Crippen molar-refractivity contribution in [2.75, 3.05) is 7.11 Å². The molecule has 0 aliphatic rings. The van der Waals surface area contributed by atoms with Gasteiger partial charge in [0, 0.05) is 0 Å². The molecule has 1 unspecified atom stereocenters. The molecule has 0 aliphatic carbocycles. The highest BCUT2D eigenvalue weighted by molar-refractivity contribution is 7.80. The first-order valence-corrected chi connectivity index (χ1v) is 5.67. The van der Waals surface area contributed by atoms with Gasteiger partial charge in [-0.15, -0.1) is 0 Å². The second-order valence-corrected chi connectivity index (χ2v) is 3.88. The van der Waals surface area contributed by atoms with E-state index < -0.39 is 11.9 Å². The van der Waals surface area contributed by atoms with Gasteiger partial charge in [0.05, 0.1) is 13.2 Å². The summed E-state index contributed by atoms with van der Waals surface area (Å²) in [6.07, 6.45) is 0. The number of methoxy groups -OCH3 is 1. The third-order valence-electron chi connectivity index (χ3n) is 2.22. The lowest BCUT2D eigenvalue weighted by Gasteiger charge is -2.11. The van der Waals surface area contributed by atoms with Crippen molar-refractivity contribution in [2.45, 2.75) is 5.92 Å². The number of hydrogen-bond acceptors (Lipinski definition) is 5. The van der Waals surface area contributed by atoms with Crippen molar-refractivity contribution in [1.82, 2.24) is 5.43 Å². The number of nitrogens with zero attached hydrogens (tertiary/aromatic N) is 2. The Balaban J connectivity index is 3.15. The zero-order valence-electron chi connectivity index (χ0n) is 10.2. The number of nitrogens with one attached hydrogen (secondary N) is 1. The molecular weight excluding hydrogens is 264 g/mol. The van der Waals surface area contributed by atoms with E-state index in [-0.39, 0.29) is 10.8 Å². The molecule has 0 saturated heterocycles. The van der Waals surface area contributed by atoms with Crippen molar-refractivity contribution in [2.24, 2.45) is 10.8 Å². The summed E-state index contributed by atoms with van der Waals surface area (Å²) >= 11 is 4.60. The Morgan fingerprint density at radius 2 is 2.16 bits per heavy atom. The summed E-state index contributed by atoms with van der Waals surface area (Å²) in [4.78, 5) is 11.7. The smallest absolute Gasteiger partial charge is 0.355 e. The number of nitriles is 1. The van der Waals surface area contributed by atoms with Crippen LogP contribution in [0.2, 0.25) is 0 Å². The molecule has 6 nitrogen and oxygen atoms in total. The van der Waals surface area contributed by atoms with Crippen LogP contribution in [0.5, 0.6) is 0 Å². The van der Waals surface area contributed by atoms with Gasteiger partial charge in [-0.2, -0.15) is 10.4 Å². The average Bonchev–Trinajstić information content (AvgIpc) is 2.43. The van der Waals surface area contributed by atoms with E-state index in [4.69, 9.17) is 5.73 Å². The van der Waals surface area contributed by atoms with Crippen molar-refractivity contribution >= 4 is 29.0 Å². The highest BCUT2D eigenvalue weighted by Gasteiger charge is 2.25. The molecular formula is C12H12N4O2S. The van der Waals surface area contributed by atoms with E-state index in [1.54, 1.807) is 30.3 Å². The van der Waals surface area contributed by atoms with Gasteiger partial charge in [-0.05, 0) is 17.8 Å². The van der Waals surface area contributed by atoms with Gasteiger partial charge in [0.15, 0.2) is 10.8 Å². The molecule has 0 spiro atoms. The number of carbonyl (C=O) groups is 1. The largest absolute Gasteiger partial charge is 0.464 e. The number of esters is 1. The molecule has 0 bridgehead atoms. The summed E-state index contributed by atoms with van der Waals surface area (Å²) in [5, 5.41) is 12.9. The zero-order chi connectivity index (χ0) is 14.3. The molecule has 0 heterocycles. The number of carbonyl (C=O) groups excluding carboxylic acids is 1. The van der Waals surface area contributed by atoms with Crippen molar-refractivity contribution in [3.05, 3.63) is 35.9 Å². The monoisotopic (exact) mass is 276 g/mol. The van der Waals surface area contributed by atoms with Crippen LogP contribution in [-0.4, -0.2) is 23.9 Å². The van der Waals surface area contributed by atoms with Crippen molar-refractivity contribution in [3.8, 4) is 6.07 Å². The first kappa shape index (κ1) is 14.6. The molecule has 0 amide bonds. The minimum absolute atomic E-state index is 0.105. The second kappa shape index (κ2) is 7.08. The fourth-order valence-corrected chi connectivity index (χ4v) is 1.43. The van der Waals surface area contributed by atoms with Crippen LogP contribution in [0.25, 0.3) is 0 Å². The summed E-state index contributed by atoms with van der Waals surface area (Å²) in [7, 11) is 1.21. The fraction of sp³-hybridized carbons (Fsp3) is 0.167. The molecule has 1 atom stereocenters. The maximum absolute atomic E-state index is 11.7. The number of ether oxygens (including phenoxy) is 1. The molecule has 0 aromatic heterocycles. The minimum Gasteiger partial charge on any atom is -0.464 e. The van der Waals surface area contributed by atoms with E-state index >= 15 is 0 Å². The number of hydrazone groups is 1. The van der Waals surface area contributed by atoms with Crippen LogP contribution in [0, 0.1) is 11.3 Å². The lowest BCUT2D eigenvalue weighted by Crippen LogP contribution is -2.30. The van der Waals surface area contributed by atoms with Gasteiger partial charge >= 0.3 is 5.97 Å². The van der Waals surface area contributed by atoms with Gasteiger partial charge in [-0.25, -0.2) is 4.79 Å². The first-order chi connectivity index (χ1) is 9.10. The van der Waals surface area contributed by atoms with E-state index in [1.165, 1.54) is 7.11 Å². The van der Waals surface area contributed by atoms with Crippen molar-refractivity contribution in [3.63, 3.8) is 0 Å². The van der Waals surface area contributed by atoms with E-state index in [0.29, 0.717) is 5.56 Å². The summed E-state index contributed by atoms with van der Waals surface area (Å²) in [5.74, 6) is -1.59. The van der Waals surface area contributed by atoms with Crippen molar-refractivity contribution in [1.29, 1.82) is 5.26 Å². The molecule has 0 radical (unpaired) electrons. The zero-order valence-corrected chi connectivity index (χ0v) is 11.0. The molecule has 7 heteroatoms. The quantitative estimate of drug-likeness (QED) is 0.362. The molecule has 3 N–H and O–H groups in total. The average molecular weight is 276 g/mol. The van der Waals surface area contributed by atoms with E-state index in [9.17, 15) is 10.1 Å². The Kier molecular flexibility index (Phi) is 5.44. The van der Waals surface area contributed by atoms with Crippen LogP contribution in [0.15, 0.2) is 35.4 Å². The summed E-state index contributed by atoms with van der Waals surface area (Å²) < 4.78 is 4.60. The van der Waals surface area contributed by atoms with Gasteiger partial charge in [0.1, 0.15) is 5.92 Å². The lowest BCUT2D eigenvalue weighted by atomic mass is 9.95. The Bertz CT molecular complexity index is 536. The summed E-state index contributed by atoms with van der Waals surface area (Å²) in [5.41, 5.74) is 8.05. The van der Waals surface area contributed by atoms with Crippen LogP contribution in [0.1, 0.15) is 11.5 Å². The molecule has 19 heavy (non-hydrogen) atoms. The van der Waals surface area contributed by atoms with Crippen molar-refractivity contribution < 1.29 is 9.53 Å². The van der Waals surface area contributed by atoms with Gasteiger partial charge in [0.2, 0.25) is 0 Å². The fourth-order valence-electron chi connectivity index (χ4n) is 1.39. The third-order valence-corrected chi connectivity index (χ3v) is 2.31. The summed E-state index contributed by atoms with van der Waals surface area (Å²) in [6.45, 7) is 0. The summed E-state index contributed by atoms with van der Waals surface area (Å²) in [6, 6.07) is 10.8. The predicted molar refractivity (Wildman–Crippen MR) is 74.2 cm³/mol. The highest BCUT2D eigenvalue weighted by Crippen LogP contribution is 2.17. The molecule has 1 aromatic rings. The number of hydrogen-bond donors (Lipinski definition) is 2. The molecule has 1 aromatic carbocycles. The van der Waals surface area contributed by atoms with Crippen LogP contribution in [-0.2, 0) is 9.53 Å². The predicted octanol–water partition coefficient (Wildman–Crippen LogP) is 0.656. The Hall–Kier alpha value is -2.46. The second-order valence-electron chi connectivity index (χ2n) is 3.44. The maximum atomic E-state index is 11.7. The number of thiocarbonyl (C=S) groups is 1. The number of rotatable bonds is 4. The molecule has 0 fully saturated rings. The van der Waals surface area contributed by atoms with E-state index in [0.717, 1.165) is 0 Å². The molecule has 1 rings (SSSR count). The van der Waals surface area contributed by atoms with Crippen LogP contribution in [0.4, 0.5) is 0 Å². The number of nitrogens with two attached hydrogens (primary N) is 1. The lowest BCUT2D eigenvalue weighted by molar-refractivity contribution is -0.132. The molecule has 98 valence electrons. The first-order valence-electron chi connectivity index (χ1n) is 5.26. The Labute approximate surface area is 115 Å². The van der Waals surface area contributed by atoms with Crippen LogP contribution < -0.4 is 11.2 Å². The topological polar surface area (TPSA) is 100 Å². The van der Waals surface area contributed by atoms with Gasteiger partial charge < -0.3 is 10.5 Å². The Morgan fingerprint density at radius 3 is 2.63 bits per heavy atom. The van der Waals surface area contributed by atoms with Gasteiger partial charge in [0.25, 0.3) is 0 Å². The SMILES string of the molecule is COC(=O)/C(=N\NC(N)=S)C(C#N)c1ccccc1. The molecule has 0 saturated carbocycles. The van der Waals surface area contributed by atoms with Crippen LogP contribution >= 0.6 is 12.2 Å². The third kappa shape index (κ3) is 4.04. The van der Waals surface area contributed by atoms with Gasteiger partial charge in [-0.3, -0.25) is 5.43 Å². The maximum Gasteiger partial charge on any atom is 0.355 e. The van der Waals surface area contributed by atoms with Crippen LogP contribution in [0.3, 0.4) is 0 Å². The highest BCUT2D eigenvalue weighted by atomic mass is 32.1. The minimum atomic E-state index is -0.865.